The number of hydrogen-bond acceptors (Lipinski definition) is 6. The fraction of sp³-hybridized carbons (Fsp3) is 0.182. The first-order valence-electron chi connectivity index (χ1n) is 9.14. The van der Waals surface area contributed by atoms with Gasteiger partial charge in [-0.3, -0.25) is 4.79 Å². The minimum absolute atomic E-state index is 0.0620. The first-order chi connectivity index (χ1) is 14.2. The van der Waals surface area contributed by atoms with Crippen molar-refractivity contribution in [1.82, 2.24) is 0 Å². The number of para-hydroxylation sites is 1. The summed E-state index contributed by atoms with van der Waals surface area (Å²) in [5.41, 5.74) is 0.583. The number of amides is 1. The Labute approximate surface area is 168 Å². The highest BCUT2D eigenvalue weighted by Crippen LogP contribution is 2.19. The minimum Gasteiger partial charge on any atom is -0.494 e. The quantitative estimate of drug-likeness (QED) is 0.432. The van der Waals surface area contributed by atoms with E-state index < -0.39 is 11.9 Å². The Morgan fingerprint density at radius 3 is 2.31 bits per heavy atom. The third-order valence-corrected chi connectivity index (χ3v) is 3.86. The molecule has 0 aliphatic heterocycles. The second-order valence-corrected chi connectivity index (χ2v) is 5.87. The van der Waals surface area contributed by atoms with E-state index in [0.29, 0.717) is 18.0 Å². The van der Waals surface area contributed by atoms with Gasteiger partial charge in [-0.1, -0.05) is 12.1 Å². The fourth-order valence-electron chi connectivity index (χ4n) is 2.53. The van der Waals surface area contributed by atoms with E-state index in [9.17, 15) is 9.59 Å². The summed E-state index contributed by atoms with van der Waals surface area (Å²) in [6, 6.07) is 16.9. The molecule has 2 aromatic carbocycles. The topological polar surface area (TPSA) is 87.0 Å². The van der Waals surface area contributed by atoms with Crippen LogP contribution in [-0.4, -0.2) is 31.7 Å². The lowest BCUT2D eigenvalue weighted by atomic mass is 10.1. The van der Waals surface area contributed by atoms with Crippen LogP contribution in [-0.2, 0) is 4.74 Å². The van der Waals surface area contributed by atoms with E-state index >= 15 is 0 Å². The summed E-state index contributed by atoms with van der Waals surface area (Å²) in [4.78, 5) is 24.5. The summed E-state index contributed by atoms with van der Waals surface area (Å²) in [6.07, 6.45) is 1.40. The van der Waals surface area contributed by atoms with Gasteiger partial charge in [0.05, 0.1) is 24.1 Å². The Morgan fingerprint density at radius 2 is 1.62 bits per heavy atom. The van der Waals surface area contributed by atoms with Gasteiger partial charge in [-0.25, -0.2) is 4.79 Å². The molecule has 1 amide bonds. The summed E-state index contributed by atoms with van der Waals surface area (Å²) in [5, 5.41) is 2.65. The van der Waals surface area contributed by atoms with Crippen LogP contribution < -0.4 is 14.8 Å². The molecular weight excluding hydrogens is 374 g/mol. The number of rotatable bonds is 9. The second kappa shape index (κ2) is 9.98. The van der Waals surface area contributed by atoms with Gasteiger partial charge in [0.2, 0.25) is 0 Å². The molecule has 1 N–H and O–H groups in total. The molecule has 7 nitrogen and oxygen atoms in total. The van der Waals surface area contributed by atoms with Crippen molar-refractivity contribution in [2.45, 2.75) is 6.92 Å². The van der Waals surface area contributed by atoms with Crippen LogP contribution in [0.25, 0.3) is 0 Å². The van der Waals surface area contributed by atoms with Gasteiger partial charge in [0.1, 0.15) is 24.7 Å². The van der Waals surface area contributed by atoms with E-state index in [-0.39, 0.29) is 24.5 Å². The van der Waals surface area contributed by atoms with Gasteiger partial charge in [-0.15, -0.1) is 0 Å². The van der Waals surface area contributed by atoms with E-state index in [1.807, 2.05) is 19.1 Å². The van der Waals surface area contributed by atoms with Gasteiger partial charge in [-0.2, -0.15) is 0 Å². The maximum atomic E-state index is 12.4. The van der Waals surface area contributed by atoms with E-state index in [4.69, 9.17) is 18.6 Å². The second-order valence-electron chi connectivity index (χ2n) is 5.87. The van der Waals surface area contributed by atoms with Crippen LogP contribution in [0.15, 0.2) is 71.3 Å². The molecule has 0 aliphatic carbocycles. The minimum atomic E-state index is -0.560. The molecule has 7 heteroatoms. The van der Waals surface area contributed by atoms with Crippen LogP contribution >= 0.6 is 0 Å². The monoisotopic (exact) mass is 395 g/mol. The van der Waals surface area contributed by atoms with Crippen molar-refractivity contribution in [3.05, 3.63) is 78.3 Å². The molecule has 1 heterocycles. The third kappa shape index (κ3) is 5.62. The Balaban J connectivity index is 1.51. The first-order valence-corrected chi connectivity index (χ1v) is 9.14. The molecule has 0 saturated carbocycles. The van der Waals surface area contributed by atoms with Crippen LogP contribution in [0.4, 0.5) is 5.69 Å². The molecule has 0 unspecified atom stereocenters. The summed E-state index contributed by atoms with van der Waals surface area (Å²) >= 11 is 0. The standard InChI is InChI=1S/C22H21NO6/c1-2-26-16-9-11-17(12-10-16)27-14-15-29-22(25)18-6-3-4-7-19(18)23-21(24)20-8-5-13-28-20/h3-13H,2,14-15H2,1H3,(H,23,24). The van der Waals surface area contributed by atoms with Gasteiger partial charge >= 0.3 is 5.97 Å². The maximum absolute atomic E-state index is 12.4. The zero-order chi connectivity index (χ0) is 20.5. The molecule has 1 aromatic heterocycles. The van der Waals surface area contributed by atoms with Gasteiger partial charge in [-0.05, 0) is 55.5 Å². The molecular formula is C22H21NO6. The van der Waals surface area contributed by atoms with Crippen LogP contribution in [0.3, 0.4) is 0 Å². The lowest BCUT2D eigenvalue weighted by Gasteiger charge is -2.11. The average molecular weight is 395 g/mol. The molecule has 0 radical (unpaired) electrons. The number of benzene rings is 2. The molecule has 3 aromatic rings. The zero-order valence-corrected chi connectivity index (χ0v) is 15.9. The van der Waals surface area contributed by atoms with Crippen molar-refractivity contribution >= 4 is 17.6 Å². The molecule has 150 valence electrons. The predicted octanol–water partition coefficient (Wildman–Crippen LogP) is 4.17. The largest absolute Gasteiger partial charge is 0.494 e. The van der Waals surface area contributed by atoms with Crippen molar-refractivity contribution in [2.24, 2.45) is 0 Å². The van der Waals surface area contributed by atoms with Crippen molar-refractivity contribution in [3.8, 4) is 11.5 Å². The zero-order valence-electron chi connectivity index (χ0n) is 15.9. The van der Waals surface area contributed by atoms with Crippen LogP contribution in [0, 0.1) is 0 Å². The van der Waals surface area contributed by atoms with E-state index in [1.165, 1.54) is 12.3 Å². The van der Waals surface area contributed by atoms with Crippen LogP contribution in [0.5, 0.6) is 11.5 Å². The van der Waals surface area contributed by atoms with Crippen molar-refractivity contribution in [2.75, 3.05) is 25.1 Å². The molecule has 0 atom stereocenters. The highest BCUT2D eigenvalue weighted by Gasteiger charge is 2.16. The molecule has 0 saturated heterocycles. The Morgan fingerprint density at radius 1 is 0.897 bits per heavy atom. The Bertz CT molecular complexity index is 934. The number of furan rings is 1. The predicted molar refractivity (Wildman–Crippen MR) is 106 cm³/mol. The van der Waals surface area contributed by atoms with Crippen molar-refractivity contribution in [1.29, 1.82) is 0 Å². The number of carbonyl (C=O) groups is 2. The number of hydrogen-bond donors (Lipinski definition) is 1. The summed E-state index contributed by atoms with van der Waals surface area (Å²) < 4.78 is 21.2. The van der Waals surface area contributed by atoms with Crippen LogP contribution in [0.1, 0.15) is 27.8 Å². The molecule has 0 fully saturated rings. The average Bonchev–Trinajstić information content (AvgIpc) is 3.28. The Kier molecular flexibility index (Phi) is 6.89. The van der Waals surface area contributed by atoms with E-state index in [2.05, 4.69) is 5.32 Å². The van der Waals surface area contributed by atoms with E-state index in [0.717, 1.165) is 5.75 Å². The highest BCUT2D eigenvalue weighted by atomic mass is 16.6. The first kappa shape index (κ1) is 20.0. The number of carbonyl (C=O) groups excluding carboxylic acids is 2. The van der Waals surface area contributed by atoms with E-state index in [1.54, 1.807) is 42.5 Å². The third-order valence-electron chi connectivity index (χ3n) is 3.86. The van der Waals surface area contributed by atoms with Crippen LogP contribution in [0.2, 0.25) is 0 Å². The van der Waals surface area contributed by atoms with Crippen molar-refractivity contribution < 1.29 is 28.2 Å². The van der Waals surface area contributed by atoms with Gasteiger partial charge < -0.3 is 23.9 Å². The lowest BCUT2D eigenvalue weighted by Crippen LogP contribution is -2.17. The smallest absolute Gasteiger partial charge is 0.340 e. The Hall–Kier alpha value is -3.74. The lowest BCUT2D eigenvalue weighted by molar-refractivity contribution is 0.0451. The maximum Gasteiger partial charge on any atom is 0.340 e. The van der Waals surface area contributed by atoms with Gasteiger partial charge in [0.15, 0.2) is 5.76 Å². The molecule has 0 bridgehead atoms. The van der Waals surface area contributed by atoms with Crippen molar-refractivity contribution in [3.63, 3.8) is 0 Å². The van der Waals surface area contributed by atoms with Gasteiger partial charge in [0.25, 0.3) is 5.91 Å². The molecule has 29 heavy (non-hydrogen) atoms. The molecule has 0 spiro atoms. The fourth-order valence-corrected chi connectivity index (χ4v) is 2.53. The molecule has 0 aliphatic rings. The number of ether oxygens (including phenoxy) is 3. The number of nitrogens with one attached hydrogen (secondary N) is 1. The SMILES string of the molecule is CCOc1ccc(OCCOC(=O)c2ccccc2NC(=O)c2ccco2)cc1. The summed E-state index contributed by atoms with van der Waals surface area (Å²) in [6.45, 7) is 2.77. The normalized spacial score (nSPS) is 10.2. The van der Waals surface area contributed by atoms with Gasteiger partial charge in [0, 0.05) is 0 Å². The highest BCUT2D eigenvalue weighted by molar-refractivity contribution is 6.06. The number of anilines is 1. The summed E-state index contributed by atoms with van der Waals surface area (Å²) in [7, 11) is 0. The molecule has 3 rings (SSSR count). The summed E-state index contributed by atoms with van der Waals surface area (Å²) in [5.74, 6) is 0.553. The number of esters is 1.